The van der Waals surface area contributed by atoms with Crippen molar-refractivity contribution in [2.75, 3.05) is 13.2 Å². The quantitative estimate of drug-likeness (QED) is 0.610. The molecule has 0 aliphatic carbocycles. The second kappa shape index (κ2) is 2.64. The lowest BCUT2D eigenvalue weighted by Crippen LogP contribution is -2.22. The molecule has 0 aromatic carbocycles. The minimum Gasteiger partial charge on any atom is -0.388 e. The van der Waals surface area contributed by atoms with Gasteiger partial charge in [-0.3, -0.25) is 4.68 Å². The van der Waals surface area contributed by atoms with Crippen LogP contribution in [0.25, 0.3) is 0 Å². The van der Waals surface area contributed by atoms with E-state index in [2.05, 4.69) is 5.10 Å². The molecular formula is C7H10N2O2. The second-order valence-corrected chi connectivity index (χ2v) is 2.66. The maximum Gasteiger partial charge on any atom is 0.103 e. The van der Waals surface area contributed by atoms with Gasteiger partial charge in [-0.1, -0.05) is 0 Å². The third kappa shape index (κ3) is 1.15. The lowest BCUT2D eigenvalue weighted by Gasteiger charge is -2.11. The third-order valence-electron chi connectivity index (χ3n) is 1.89. The summed E-state index contributed by atoms with van der Waals surface area (Å²) in [6, 6.07) is 1.84. The zero-order valence-corrected chi connectivity index (χ0v) is 6.05. The molecule has 1 fully saturated rings. The molecule has 1 aliphatic heterocycles. The average molecular weight is 154 g/mol. The first-order valence-corrected chi connectivity index (χ1v) is 3.63. The van der Waals surface area contributed by atoms with Crippen molar-refractivity contribution in [3.63, 3.8) is 0 Å². The predicted octanol–water partition coefficient (Wildman–Crippen LogP) is -0.185. The highest BCUT2D eigenvalue weighted by molar-refractivity contribution is 4.86. The summed E-state index contributed by atoms with van der Waals surface area (Å²) in [5.74, 6) is 0. The maximum absolute atomic E-state index is 9.37. The summed E-state index contributed by atoms with van der Waals surface area (Å²) in [6.07, 6.45) is 3.13. The molecule has 1 aromatic rings. The number of rotatable bonds is 1. The fourth-order valence-corrected chi connectivity index (χ4v) is 1.26. The smallest absolute Gasteiger partial charge is 0.103 e. The van der Waals surface area contributed by atoms with Crippen LogP contribution in [0.3, 0.4) is 0 Å². The summed E-state index contributed by atoms with van der Waals surface area (Å²) >= 11 is 0. The van der Waals surface area contributed by atoms with Crippen molar-refractivity contribution >= 4 is 0 Å². The Kier molecular flexibility index (Phi) is 1.63. The van der Waals surface area contributed by atoms with E-state index in [-0.39, 0.29) is 6.04 Å². The lowest BCUT2D eigenvalue weighted by molar-refractivity contribution is 0.118. The van der Waals surface area contributed by atoms with E-state index in [1.54, 1.807) is 10.9 Å². The van der Waals surface area contributed by atoms with Gasteiger partial charge in [0.15, 0.2) is 0 Å². The van der Waals surface area contributed by atoms with E-state index < -0.39 is 6.10 Å². The van der Waals surface area contributed by atoms with Crippen LogP contribution >= 0.6 is 0 Å². The second-order valence-electron chi connectivity index (χ2n) is 2.66. The van der Waals surface area contributed by atoms with Crippen LogP contribution in [0, 0.1) is 0 Å². The summed E-state index contributed by atoms with van der Waals surface area (Å²) < 4.78 is 6.82. The van der Waals surface area contributed by atoms with Gasteiger partial charge in [-0.05, 0) is 6.07 Å². The zero-order valence-electron chi connectivity index (χ0n) is 6.05. The maximum atomic E-state index is 9.37. The van der Waals surface area contributed by atoms with E-state index in [4.69, 9.17) is 4.74 Å². The molecule has 0 amide bonds. The van der Waals surface area contributed by atoms with Gasteiger partial charge in [-0.2, -0.15) is 5.10 Å². The van der Waals surface area contributed by atoms with E-state index in [0.717, 1.165) is 0 Å². The van der Waals surface area contributed by atoms with E-state index in [9.17, 15) is 5.11 Å². The highest BCUT2D eigenvalue weighted by Gasteiger charge is 2.27. The Hall–Kier alpha value is -0.870. The fraction of sp³-hybridized carbons (Fsp3) is 0.571. The molecule has 2 heterocycles. The molecule has 1 aliphatic rings. The minimum atomic E-state index is -0.408. The summed E-state index contributed by atoms with van der Waals surface area (Å²) in [7, 11) is 0. The van der Waals surface area contributed by atoms with Gasteiger partial charge in [-0.15, -0.1) is 0 Å². The Balaban J connectivity index is 2.16. The van der Waals surface area contributed by atoms with E-state index in [0.29, 0.717) is 13.2 Å². The molecule has 1 aromatic heterocycles. The van der Waals surface area contributed by atoms with Gasteiger partial charge in [-0.25, -0.2) is 0 Å². The van der Waals surface area contributed by atoms with E-state index in [1.165, 1.54) is 0 Å². The normalized spacial score (nSPS) is 31.0. The minimum absolute atomic E-state index is 0.00463. The molecule has 60 valence electrons. The van der Waals surface area contributed by atoms with Crippen LogP contribution in [0.2, 0.25) is 0 Å². The fourth-order valence-electron chi connectivity index (χ4n) is 1.26. The van der Waals surface area contributed by atoms with Gasteiger partial charge in [0.05, 0.1) is 13.2 Å². The van der Waals surface area contributed by atoms with Crippen molar-refractivity contribution in [3.8, 4) is 0 Å². The Morgan fingerprint density at radius 2 is 2.45 bits per heavy atom. The first kappa shape index (κ1) is 6.82. The van der Waals surface area contributed by atoms with Crippen LogP contribution in [0.5, 0.6) is 0 Å². The third-order valence-corrected chi connectivity index (χ3v) is 1.89. The van der Waals surface area contributed by atoms with Gasteiger partial charge in [0.1, 0.15) is 12.1 Å². The van der Waals surface area contributed by atoms with Gasteiger partial charge >= 0.3 is 0 Å². The summed E-state index contributed by atoms with van der Waals surface area (Å²) in [6.45, 7) is 0.980. The number of aromatic nitrogens is 2. The molecule has 0 radical (unpaired) electrons. The van der Waals surface area contributed by atoms with Crippen molar-refractivity contribution in [3.05, 3.63) is 18.5 Å². The Bertz CT molecular complexity index is 222. The Labute approximate surface area is 64.4 Å². The van der Waals surface area contributed by atoms with Gasteiger partial charge < -0.3 is 9.84 Å². The van der Waals surface area contributed by atoms with Gasteiger partial charge in [0.25, 0.3) is 0 Å². The van der Waals surface area contributed by atoms with E-state index in [1.807, 2.05) is 12.3 Å². The first-order valence-electron chi connectivity index (χ1n) is 3.63. The van der Waals surface area contributed by atoms with Crippen molar-refractivity contribution in [2.45, 2.75) is 12.1 Å². The lowest BCUT2D eigenvalue weighted by atomic mass is 10.2. The van der Waals surface area contributed by atoms with Crippen molar-refractivity contribution in [2.24, 2.45) is 0 Å². The summed E-state index contributed by atoms with van der Waals surface area (Å²) in [4.78, 5) is 0. The molecule has 11 heavy (non-hydrogen) atoms. The molecule has 4 nitrogen and oxygen atoms in total. The molecular weight excluding hydrogens is 144 g/mol. The highest BCUT2D eigenvalue weighted by atomic mass is 16.5. The SMILES string of the molecule is O[C@H]1COC[C@@H]1n1cccn1. The first-order chi connectivity index (χ1) is 5.38. The van der Waals surface area contributed by atoms with Crippen molar-refractivity contribution < 1.29 is 9.84 Å². The molecule has 0 unspecified atom stereocenters. The standard InChI is InChI=1S/C7H10N2O2/c10-7-5-11-4-6(7)9-3-1-2-8-9/h1-3,6-7,10H,4-5H2/t6-,7-/m0/s1. The zero-order chi connectivity index (χ0) is 7.68. The van der Waals surface area contributed by atoms with Crippen LogP contribution in [0.1, 0.15) is 6.04 Å². The molecule has 0 saturated carbocycles. The Morgan fingerprint density at radius 1 is 1.55 bits per heavy atom. The Morgan fingerprint density at radius 3 is 3.00 bits per heavy atom. The summed E-state index contributed by atoms with van der Waals surface area (Å²) in [5.41, 5.74) is 0. The molecule has 4 heteroatoms. The molecule has 0 spiro atoms. The van der Waals surface area contributed by atoms with Crippen molar-refractivity contribution in [1.29, 1.82) is 0 Å². The number of hydrogen-bond donors (Lipinski definition) is 1. The molecule has 2 atom stereocenters. The molecule has 2 rings (SSSR count). The van der Waals surface area contributed by atoms with Crippen LogP contribution in [-0.2, 0) is 4.74 Å². The van der Waals surface area contributed by atoms with Crippen LogP contribution < -0.4 is 0 Å². The molecule has 1 N–H and O–H groups in total. The predicted molar refractivity (Wildman–Crippen MR) is 38.1 cm³/mol. The number of aliphatic hydroxyl groups excluding tert-OH is 1. The van der Waals surface area contributed by atoms with Crippen LogP contribution in [-0.4, -0.2) is 34.2 Å². The molecule has 0 bridgehead atoms. The van der Waals surface area contributed by atoms with Gasteiger partial charge in [0, 0.05) is 12.4 Å². The number of aliphatic hydroxyl groups is 1. The van der Waals surface area contributed by atoms with E-state index >= 15 is 0 Å². The number of nitrogens with zero attached hydrogens (tertiary/aromatic N) is 2. The van der Waals surface area contributed by atoms with Gasteiger partial charge in [0.2, 0.25) is 0 Å². The largest absolute Gasteiger partial charge is 0.388 e. The monoisotopic (exact) mass is 154 g/mol. The van der Waals surface area contributed by atoms with Crippen LogP contribution in [0.4, 0.5) is 0 Å². The van der Waals surface area contributed by atoms with Crippen molar-refractivity contribution in [1.82, 2.24) is 9.78 Å². The summed E-state index contributed by atoms with van der Waals surface area (Å²) in [5, 5.41) is 13.4. The number of hydrogen-bond acceptors (Lipinski definition) is 3. The number of ether oxygens (including phenoxy) is 1. The van der Waals surface area contributed by atoms with Crippen LogP contribution in [0.15, 0.2) is 18.5 Å². The topological polar surface area (TPSA) is 47.3 Å². The highest BCUT2D eigenvalue weighted by Crippen LogP contribution is 2.17. The molecule has 1 saturated heterocycles. The average Bonchev–Trinajstić information content (AvgIpc) is 2.55.